The molecule has 0 radical (unpaired) electrons. The number of fused-ring (bicyclic) bond motifs is 1. The van der Waals surface area contributed by atoms with Gasteiger partial charge in [-0.15, -0.1) is 0 Å². The first-order chi connectivity index (χ1) is 11.7. The van der Waals surface area contributed by atoms with Crippen molar-refractivity contribution in [3.8, 4) is 6.07 Å². The van der Waals surface area contributed by atoms with Gasteiger partial charge >= 0.3 is 6.18 Å². The highest BCUT2D eigenvalue weighted by molar-refractivity contribution is 6.36. The lowest BCUT2D eigenvalue weighted by Crippen LogP contribution is -2.05. The Labute approximate surface area is 142 Å². The van der Waals surface area contributed by atoms with Crippen molar-refractivity contribution in [1.29, 1.82) is 5.26 Å². The maximum Gasteiger partial charge on any atom is 0.449 e. The van der Waals surface area contributed by atoms with Crippen LogP contribution >= 0.6 is 11.6 Å². The highest BCUT2D eigenvalue weighted by Gasteiger charge is 2.35. The fourth-order valence-electron chi connectivity index (χ4n) is 2.53. The molecule has 0 aliphatic carbocycles. The Bertz CT molecular complexity index is 981. The second-order valence-corrected chi connectivity index (χ2v) is 5.57. The molecule has 1 aromatic carbocycles. The van der Waals surface area contributed by atoms with Gasteiger partial charge in [0.05, 0.1) is 28.3 Å². The number of nitrogens with zero attached hydrogens (tertiary/aromatic N) is 2. The molecule has 0 fully saturated rings. The third-order valence-electron chi connectivity index (χ3n) is 3.65. The van der Waals surface area contributed by atoms with Crippen LogP contribution in [0.4, 0.5) is 22.0 Å². The number of halogens is 6. The van der Waals surface area contributed by atoms with E-state index in [1.54, 1.807) is 0 Å². The summed E-state index contributed by atoms with van der Waals surface area (Å²) >= 11 is 6.05. The summed E-state index contributed by atoms with van der Waals surface area (Å²) in [6, 6.07) is 7.56. The molecule has 0 saturated heterocycles. The summed E-state index contributed by atoms with van der Waals surface area (Å²) in [5.74, 6) is -1.34. The first-order valence-electron chi connectivity index (χ1n) is 6.88. The molecule has 0 amide bonds. The molecule has 0 unspecified atom stereocenters. The van der Waals surface area contributed by atoms with Crippen molar-refractivity contribution in [1.82, 2.24) is 4.57 Å². The minimum absolute atomic E-state index is 0.0103. The first kappa shape index (κ1) is 17.3. The van der Waals surface area contributed by atoms with Gasteiger partial charge in [0.2, 0.25) is 5.76 Å². The molecule has 0 N–H and O–H groups in total. The molecular weight excluding hydrogens is 367 g/mol. The summed E-state index contributed by atoms with van der Waals surface area (Å²) < 4.78 is 70.3. The Kier molecular flexibility index (Phi) is 4.21. The fourth-order valence-corrected chi connectivity index (χ4v) is 2.79. The van der Waals surface area contributed by atoms with Gasteiger partial charge in [0, 0.05) is 5.39 Å². The molecule has 3 rings (SSSR count). The van der Waals surface area contributed by atoms with Crippen LogP contribution in [0.2, 0.25) is 5.02 Å². The molecule has 2 heterocycles. The molecule has 130 valence electrons. The highest BCUT2D eigenvalue weighted by Crippen LogP contribution is 2.35. The van der Waals surface area contributed by atoms with E-state index in [4.69, 9.17) is 21.3 Å². The van der Waals surface area contributed by atoms with Crippen LogP contribution < -0.4 is 0 Å². The van der Waals surface area contributed by atoms with Gasteiger partial charge in [0.15, 0.2) is 0 Å². The number of rotatable bonds is 3. The predicted molar refractivity (Wildman–Crippen MR) is 79.4 cm³/mol. The van der Waals surface area contributed by atoms with E-state index >= 15 is 0 Å². The smallest absolute Gasteiger partial charge is 0.449 e. The van der Waals surface area contributed by atoms with Crippen molar-refractivity contribution >= 4 is 22.5 Å². The zero-order valence-corrected chi connectivity index (χ0v) is 13.0. The lowest BCUT2D eigenvalue weighted by Gasteiger charge is -2.09. The van der Waals surface area contributed by atoms with Crippen molar-refractivity contribution in [2.75, 3.05) is 0 Å². The van der Waals surface area contributed by atoms with Crippen LogP contribution in [-0.4, -0.2) is 4.57 Å². The van der Waals surface area contributed by atoms with E-state index in [0.29, 0.717) is 0 Å². The number of alkyl halides is 5. The van der Waals surface area contributed by atoms with Crippen LogP contribution in [0.1, 0.15) is 29.2 Å². The largest absolute Gasteiger partial charge is 0.455 e. The third-order valence-corrected chi connectivity index (χ3v) is 4.06. The molecule has 3 nitrogen and oxygen atoms in total. The van der Waals surface area contributed by atoms with Crippen molar-refractivity contribution in [2.24, 2.45) is 0 Å². The van der Waals surface area contributed by atoms with Crippen LogP contribution in [0.15, 0.2) is 34.7 Å². The summed E-state index contributed by atoms with van der Waals surface area (Å²) in [5.41, 5.74) is -0.0503. The summed E-state index contributed by atoms with van der Waals surface area (Å²) in [6.07, 6.45) is -7.54. The van der Waals surface area contributed by atoms with Gasteiger partial charge in [-0.1, -0.05) is 11.6 Å². The molecule has 0 saturated carbocycles. The second-order valence-electron chi connectivity index (χ2n) is 5.19. The molecule has 2 aromatic heterocycles. The Hall–Kier alpha value is -2.53. The standard InChI is InChI=1S/C16H8ClF5N2O/c17-14-8(6-23)1-3-11-10(14)5-12(15(18)19)24(11)7-9-2-4-13(25-9)16(20,21)22/h1-5,15H,7H2. The van der Waals surface area contributed by atoms with Crippen molar-refractivity contribution in [2.45, 2.75) is 19.1 Å². The van der Waals surface area contributed by atoms with Crippen LogP contribution in [0.25, 0.3) is 10.9 Å². The van der Waals surface area contributed by atoms with E-state index in [1.165, 1.54) is 12.1 Å². The number of furan rings is 1. The number of aromatic nitrogens is 1. The van der Waals surface area contributed by atoms with Crippen molar-refractivity contribution in [3.63, 3.8) is 0 Å². The zero-order chi connectivity index (χ0) is 18.4. The molecule has 0 spiro atoms. The maximum absolute atomic E-state index is 13.3. The molecule has 0 atom stereocenters. The van der Waals surface area contributed by atoms with E-state index in [0.717, 1.165) is 22.8 Å². The van der Waals surface area contributed by atoms with E-state index in [9.17, 15) is 22.0 Å². The quantitative estimate of drug-likeness (QED) is 0.546. The fraction of sp³-hybridized carbons (Fsp3) is 0.188. The summed E-state index contributed by atoms with van der Waals surface area (Å²) in [4.78, 5) is 0. The van der Waals surface area contributed by atoms with Crippen molar-refractivity contribution in [3.05, 3.63) is 58.1 Å². The minimum Gasteiger partial charge on any atom is -0.455 e. The Morgan fingerprint density at radius 2 is 1.92 bits per heavy atom. The number of hydrogen-bond donors (Lipinski definition) is 0. The van der Waals surface area contributed by atoms with Gasteiger partial charge in [0.1, 0.15) is 11.8 Å². The lowest BCUT2D eigenvalue weighted by atomic mass is 10.1. The normalized spacial score (nSPS) is 12.1. The van der Waals surface area contributed by atoms with Crippen molar-refractivity contribution < 1.29 is 26.4 Å². The molecule has 3 aromatic rings. The van der Waals surface area contributed by atoms with Gasteiger partial charge in [-0.2, -0.15) is 18.4 Å². The number of benzene rings is 1. The van der Waals surface area contributed by atoms with Crippen LogP contribution in [-0.2, 0) is 12.7 Å². The monoisotopic (exact) mass is 374 g/mol. The number of nitriles is 1. The summed E-state index contributed by atoms with van der Waals surface area (Å²) in [6.45, 7) is -0.332. The van der Waals surface area contributed by atoms with Crippen LogP contribution in [0.3, 0.4) is 0 Å². The SMILES string of the molecule is N#Cc1ccc2c(cc(C(F)F)n2Cc2ccc(C(F)(F)F)o2)c1Cl. The second kappa shape index (κ2) is 6.08. The Balaban J connectivity index is 2.12. The van der Waals surface area contributed by atoms with E-state index in [-0.39, 0.29) is 33.8 Å². The minimum atomic E-state index is -4.66. The molecular formula is C16H8ClF5N2O. The van der Waals surface area contributed by atoms with Gasteiger partial charge in [-0.3, -0.25) is 0 Å². The zero-order valence-electron chi connectivity index (χ0n) is 12.2. The molecule has 9 heteroatoms. The number of hydrogen-bond acceptors (Lipinski definition) is 2. The first-order valence-corrected chi connectivity index (χ1v) is 7.26. The maximum atomic E-state index is 13.3. The molecule has 25 heavy (non-hydrogen) atoms. The molecule has 0 aliphatic heterocycles. The molecule has 0 aliphatic rings. The Morgan fingerprint density at radius 3 is 2.48 bits per heavy atom. The topological polar surface area (TPSA) is 41.9 Å². The van der Waals surface area contributed by atoms with Crippen LogP contribution in [0.5, 0.6) is 0 Å². The third kappa shape index (κ3) is 3.07. The Morgan fingerprint density at radius 1 is 1.20 bits per heavy atom. The van der Waals surface area contributed by atoms with Gasteiger partial charge < -0.3 is 8.98 Å². The van der Waals surface area contributed by atoms with E-state index < -0.39 is 24.1 Å². The van der Waals surface area contributed by atoms with Gasteiger partial charge in [-0.25, -0.2) is 8.78 Å². The average molecular weight is 375 g/mol. The molecule has 0 bridgehead atoms. The van der Waals surface area contributed by atoms with Crippen LogP contribution in [0, 0.1) is 11.3 Å². The van der Waals surface area contributed by atoms with E-state index in [2.05, 4.69) is 0 Å². The lowest BCUT2D eigenvalue weighted by molar-refractivity contribution is -0.153. The average Bonchev–Trinajstić information content (AvgIpc) is 3.13. The summed E-state index contributed by atoms with van der Waals surface area (Å²) in [5, 5.41) is 9.20. The highest BCUT2D eigenvalue weighted by atomic mass is 35.5. The summed E-state index contributed by atoms with van der Waals surface area (Å²) in [7, 11) is 0. The predicted octanol–water partition coefficient (Wildman–Crippen LogP) is 5.76. The van der Waals surface area contributed by atoms with E-state index in [1.807, 2.05) is 6.07 Å². The van der Waals surface area contributed by atoms with Gasteiger partial charge in [-0.05, 0) is 30.3 Å². The van der Waals surface area contributed by atoms with Gasteiger partial charge in [0.25, 0.3) is 6.43 Å².